The van der Waals surface area contributed by atoms with Crippen molar-refractivity contribution in [2.45, 2.75) is 45.2 Å². The lowest BCUT2D eigenvalue weighted by Crippen LogP contribution is -2.55. The molecule has 0 aromatic heterocycles. The summed E-state index contributed by atoms with van der Waals surface area (Å²) in [6.07, 6.45) is 3.32. The molecule has 2 heterocycles. The number of likely N-dealkylation sites (tertiary alicyclic amines) is 1. The highest BCUT2D eigenvalue weighted by Crippen LogP contribution is 2.26. The van der Waals surface area contributed by atoms with Crippen LogP contribution in [-0.2, 0) is 4.79 Å². The van der Waals surface area contributed by atoms with Crippen molar-refractivity contribution in [1.82, 2.24) is 10.2 Å². The van der Waals surface area contributed by atoms with Gasteiger partial charge in [0, 0.05) is 12.6 Å². The Kier molecular flexibility index (Phi) is 4.41. The second-order valence-electron chi connectivity index (χ2n) is 4.69. The SMILES string of the molecule is CCC1CC(C)CN1C(=O)[C@H]1CCN1.Cl. The third kappa shape index (κ3) is 2.45. The summed E-state index contributed by atoms with van der Waals surface area (Å²) in [6.45, 7) is 6.40. The van der Waals surface area contributed by atoms with Crippen molar-refractivity contribution in [1.29, 1.82) is 0 Å². The first kappa shape index (κ1) is 12.8. The fourth-order valence-electron chi connectivity index (χ4n) is 2.51. The van der Waals surface area contributed by atoms with E-state index >= 15 is 0 Å². The molecule has 1 N–H and O–H groups in total. The fourth-order valence-corrected chi connectivity index (χ4v) is 2.51. The summed E-state index contributed by atoms with van der Waals surface area (Å²) in [4.78, 5) is 14.1. The van der Waals surface area contributed by atoms with Gasteiger partial charge in [-0.05, 0) is 31.7 Å². The van der Waals surface area contributed by atoms with Gasteiger partial charge in [0.2, 0.25) is 5.91 Å². The molecule has 3 nitrogen and oxygen atoms in total. The van der Waals surface area contributed by atoms with Gasteiger partial charge in [-0.3, -0.25) is 4.79 Å². The van der Waals surface area contributed by atoms with Crippen LogP contribution in [0.5, 0.6) is 0 Å². The van der Waals surface area contributed by atoms with Crippen LogP contribution >= 0.6 is 12.4 Å². The summed E-state index contributed by atoms with van der Waals surface area (Å²) >= 11 is 0. The number of carbonyl (C=O) groups excluding carboxylic acids is 1. The van der Waals surface area contributed by atoms with E-state index in [9.17, 15) is 4.79 Å². The van der Waals surface area contributed by atoms with Gasteiger partial charge in [-0.1, -0.05) is 13.8 Å². The van der Waals surface area contributed by atoms with Crippen LogP contribution in [0.25, 0.3) is 0 Å². The molecule has 0 radical (unpaired) electrons. The van der Waals surface area contributed by atoms with Gasteiger partial charge in [0.25, 0.3) is 0 Å². The van der Waals surface area contributed by atoms with E-state index in [2.05, 4.69) is 24.1 Å². The minimum atomic E-state index is 0. The lowest BCUT2D eigenvalue weighted by atomic mass is 10.0. The Morgan fingerprint density at radius 2 is 2.20 bits per heavy atom. The molecule has 4 heteroatoms. The highest BCUT2D eigenvalue weighted by Gasteiger charge is 2.36. The monoisotopic (exact) mass is 232 g/mol. The molecule has 88 valence electrons. The highest BCUT2D eigenvalue weighted by atomic mass is 35.5. The molecule has 0 aromatic rings. The normalized spacial score (nSPS) is 34.5. The lowest BCUT2D eigenvalue weighted by molar-refractivity contribution is -0.136. The first-order chi connectivity index (χ1) is 6.72. The third-order valence-corrected chi connectivity index (χ3v) is 3.50. The first-order valence-electron chi connectivity index (χ1n) is 5.76. The molecule has 1 amide bonds. The summed E-state index contributed by atoms with van der Waals surface area (Å²) in [7, 11) is 0. The average Bonchev–Trinajstić information content (AvgIpc) is 2.43. The highest BCUT2D eigenvalue weighted by molar-refractivity contribution is 5.85. The van der Waals surface area contributed by atoms with Crippen LogP contribution in [0.1, 0.15) is 33.1 Å². The van der Waals surface area contributed by atoms with E-state index in [1.165, 1.54) is 6.42 Å². The Balaban J connectivity index is 0.00000112. The van der Waals surface area contributed by atoms with Crippen LogP contribution in [0.2, 0.25) is 0 Å². The summed E-state index contributed by atoms with van der Waals surface area (Å²) in [5.74, 6) is 1.02. The largest absolute Gasteiger partial charge is 0.338 e. The zero-order valence-corrected chi connectivity index (χ0v) is 10.3. The Labute approximate surface area is 98.0 Å². The van der Waals surface area contributed by atoms with E-state index in [4.69, 9.17) is 0 Å². The lowest BCUT2D eigenvalue weighted by Gasteiger charge is -2.33. The number of hydrogen-bond donors (Lipinski definition) is 1. The van der Waals surface area contributed by atoms with Gasteiger partial charge in [-0.25, -0.2) is 0 Å². The van der Waals surface area contributed by atoms with Gasteiger partial charge in [-0.15, -0.1) is 12.4 Å². The topological polar surface area (TPSA) is 32.3 Å². The summed E-state index contributed by atoms with van der Waals surface area (Å²) in [6, 6.07) is 0.634. The van der Waals surface area contributed by atoms with Crippen LogP contribution in [0.3, 0.4) is 0 Å². The molecule has 2 fully saturated rings. The van der Waals surface area contributed by atoms with E-state index in [-0.39, 0.29) is 18.4 Å². The first-order valence-corrected chi connectivity index (χ1v) is 5.76. The van der Waals surface area contributed by atoms with Gasteiger partial charge in [0.15, 0.2) is 0 Å². The van der Waals surface area contributed by atoms with Gasteiger partial charge < -0.3 is 10.2 Å². The number of nitrogens with one attached hydrogen (secondary N) is 1. The molecule has 2 unspecified atom stereocenters. The van der Waals surface area contributed by atoms with E-state index < -0.39 is 0 Å². The van der Waals surface area contributed by atoms with Crippen molar-refractivity contribution in [2.75, 3.05) is 13.1 Å². The fraction of sp³-hybridized carbons (Fsp3) is 0.909. The van der Waals surface area contributed by atoms with E-state index in [0.29, 0.717) is 17.9 Å². The van der Waals surface area contributed by atoms with E-state index in [1.807, 2.05) is 0 Å². The van der Waals surface area contributed by atoms with Crippen molar-refractivity contribution < 1.29 is 4.79 Å². The van der Waals surface area contributed by atoms with Gasteiger partial charge in [0.1, 0.15) is 0 Å². The molecule has 0 bridgehead atoms. The number of hydrogen-bond acceptors (Lipinski definition) is 2. The van der Waals surface area contributed by atoms with Crippen LogP contribution in [0.4, 0.5) is 0 Å². The molecule has 2 aliphatic rings. The smallest absolute Gasteiger partial charge is 0.240 e. The standard InChI is InChI=1S/C11H20N2O.ClH/c1-3-9-6-8(2)7-13(9)11(14)10-4-5-12-10;/h8-10,12H,3-7H2,1-2H3;1H/t8?,9?,10-;/m1./s1. The quantitative estimate of drug-likeness (QED) is 0.781. The molecule has 0 saturated carbocycles. The molecule has 15 heavy (non-hydrogen) atoms. The second kappa shape index (κ2) is 5.17. The third-order valence-electron chi connectivity index (χ3n) is 3.50. The van der Waals surface area contributed by atoms with E-state index in [1.54, 1.807) is 0 Å². The maximum atomic E-state index is 12.0. The zero-order chi connectivity index (χ0) is 10.1. The van der Waals surface area contributed by atoms with Crippen LogP contribution in [0.15, 0.2) is 0 Å². The Morgan fingerprint density at radius 3 is 2.67 bits per heavy atom. The van der Waals surface area contributed by atoms with Gasteiger partial charge in [-0.2, -0.15) is 0 Å². The molecule has 2 saturated heterocycles. The molecule has 0 aromatic carbocycles. The Hall–Kier alpha value is -0.280. The van der Waals surface area contributed by atoms with Crippen LogP contribution in [0, 0.1) is 5.92 Å². The maximum Gasteiger partial charge on any atom is 0.240 e. The maximum absolute atomic E-state index is 12.0. The van der Waals surface area contributed by atoms with Crippen molar-refractivity contribution >= 4 is 18.3 Å². The number of nitrogens with zero attached hydrogens (tertiary/aromatic N) is 1. The molecular formula is C11H21ClN2O. The number of rotatable bonds is 2. The summed E-state index contributed by atoms with van der Waals surface area (Å²) in [5.41, 5.74) is 0. The molecular weight excluding hydrogens is 212 g/mol. The minimum Gasteiger partial charge on any atom is -0.338 e. The number of halogens is 1. The number of amides is 1. The predicted octanol–water partition coefficient (Wildman–Crippen LogP) is 1.42. The summed E-state index contributed by atoms with van der Waals surface area (Å²) < 4.78 is 0. The average molecular weight is 233 g/mol. The van der Waals surface area contributed by atoms with E-state index in [0.717, 1.165) is 25.9 Å². The van der Waals surface area contributed by atoms with Crippen molar-refractivity contribution in [3.8, 4) is 0 Å². The number of carbonyl (C=O) groups is 1. The van der Waals surface area contributed by atoms with Crippen molar-refractivity contribution in [3.63, 3.8) is 0 Å². The van der Waals surface area contributed by atoms with Crippen molar-refractivity contribution in [2.24, 2.45) is 5.92 Å². The zero-order valence-electron chi connectivity index (χ0n) is 9.53. The Morgan fingerprint density at radius 1 is 1.53 bits per heavy atom. The van der Waals surface area contributed by atoms with Gasteiger partial charge in [0.05, 0.1) is 6.04 Å². The molecule has 2 aliphatic heterocycles. The Bertz CT molecular complexity index is 231. The minimum absolute atomic E-state index is 0. The molecule has 3 atom stereocenters. The van der Waals surface area contributed by atoms with Crippen molar-refractivity contribution in [3.05, 3.63) is 0 Å². The second-order valence-corrected chi connectivity index (χ2v) is 4.69. The van der Waals surface area contributed by atoms with Gasteiger partial charge >= 0.3 is 0 Å². The summed E-state index contributed by atoms with van der Waals surface area (Å²) in [5, 5.41) is 3.19. The molecule has 0 aliphatic carbocycles. The van der Waals surface area contributed by atoms with Crippen LogP contribution in [-0.4, -0.2) is 36.0 Å². The molecule has 2 rings (SSSR count). The van der Waals surface area contributed by atoms with Crippen LogP contribution < -0.4 is 5.32 Å². The predicted molar refractivity (Wildman–Crippen MR) is 63.2 cm³/mol. The molecule has 0 spiro atoms.